The van der Waals surface area contributed by atoms with Crippen LogP contribution in [0.2, 0.25) is 5.02 Å². The molecular formula is C15H14ClFN4O3. The van der Waals surface area contributed by atoms with E-state index in [1.807, 2.05) is 0 Å². The Balaban J connectivity index is 2.15. The Morgan fingerprint density at radius 3 is 3.04 bits per heavy atom. The number of benzene rings is 1. The Morgan fingerprint density at radius 1 is 1.58 bits per heavy atom. The molecule has 1 amide bonds. The predicted molar refractivity (Wildman–Crippen MR) is 84.0 cm³/mol. The number of amides is 1. The Morgan fingerprint density at radius 2 is 2.33 bits per heavy atom. The molecule has 24 heavy (non-hydrogen) atoms. The molecule has 0 fully saturated rings. The smallest absolute Gasteiger partial charge is 0.374 e. The van der Waals surface area contributed by atoms with Gasteiger partial charge in [-0.05, 0) is 25.1 Å². The molecule has 126 valence electrons. The second-order valence-electron chi connectivity index (χ2n) is 5.18. The van der Waals surface area contributed by atoms with Crippen LogP contribution in [0.25, 0.3) is 0 Å². The molecule has 2 aromatic rings. The maximum atomic E-state index is 13.6. The summed E-state index contributed by atoms with van der Waals surface area (Å²) in [5.41, 5.74) is 6.62. The minimum Gasteiger partial charge on any atom is -0.460 e. The Bertz CT molecular complexity index is 836. The number of nitrogens with zero attached hydrogens (tertiary/aromatic N) is 2. The van der Waals surface area contributed by atoms with E-state index in [1.54, 1.807) is 6.92 Å². The van der Waals surface area contributed by atoms with Crippen molar-refractivity contribution in [3.63, 3.8) is 0 Å². The van der Waals surface area contributed by atoms with Gasteiger partial charge in [-0.15, -0.1) is 0 Å². The highest BCUT2D eigenvalue weighted by Gasteiger charge is 2.34. The zero-order valence-electron chi connectivity index (χ0n) is 12.7. The lowest BCUT2D eigenvalue weighted by atomic mass is 10.0. The number of ether oxygens (including phenoxy) is 1. The van der Waals surface area contributed by atoms with Gasteiger partial charge in [-0.25, -0.2) is 14.2 Å². The number of carbonyl (C=O) groups is 2. The van der Waals surface area contributed by atoms with Gasteiger partial charge in [0.05, 0.1) is 18.3 Å². The molecule has 0 spiro atoms. The number of rotatable bonds is 3. The number of hydrogen-bond acceptors (Lipinski definition) is 5. The van der Waals surface area contributed by atoms with Crippen LogP contribution in [0.1, 0.15) is 34.8 Å². The number of imidazole rings is 1. The summed E-state index contributed by atoms with van der Waals surface area (Å²) in [5.74, 6) is -1.60. The normalized spacial score (nSPS) is 16.5. The number of hydrogen-bond donors (Lipinski definition) is 2. The first-order chi connectivity index (χ1) is 11.4. The molecule has 1 aliphatic heterocycles. The molecule has 0 saturated heterocycles. The van der Waals surface area contributed by atoms with Crippen LogP contribution in [0.5, 0.6) is 0 Å². The van der Waals surface area contributed by atoms with E-state index in [1.165, 1.54) is 22.8 Å². The van der Waals surface area contributed by atoms with Gasteiger partial charge in [-0.2, -0.15) is 0 Å². The van der Waals surface area contributed by atoms with Crippen LogP contribution < -0.4 is 11.1 Å². The molecule has 7 nitrogen and oxygen atoms in total. The highest BCUT2D eigenvalue weighted by atomic mass is 35.5. The number of nitrogens with one attached hydrogen (secondary N) is 1. The standard InChI is InChI=1S/C15H14ClFN4O3/c1-2-24-15(23)14-20-13(18)12-11(19-10(22)6-21(12)14)8-5-7(17)3-4-9(8)16/h3-5,11H,2,6,18H2,1H3,(H,19,22)/t11-/m1/s1. The maximum absolute atomic E-state index is 13.6. The second-order valence-corrected chi connectivity index (χ2v) is 5.59. The molecule has 9 heteroatoms. The number of fused-ring (bicyclic) bond motifs is 1. The van der Waals surface area contributed by atoms with Crippen molar-refractivity contribution in [1.29, 1.82) is 0 Å². The molecule has 2 heterocycles. The zero-order valence-corrected chi connectivity index (χ0v) is 13.4. The summed E-state index contributed by atoms with van der Waals surface area (Å²) in [5, 5.41) is 2.96. The molecule has 0 radical (unpaired) electrons. The Kier molecular flexibility index (Phi) is 4.15. The molecule has 1 aromatic heterocycles. The third-order valence-corrected chi connectivity index (χ3v) is 3.99. The molecule has 0 aliphatic carbocycles. The summed E-state index contributed by atoms with van der Waals surface area (Å²) in [4.78, 5) is 28.1. The van der Waals surface area contributed by atoms with Crippen molar-refractivity contribution in [1.82, 2.24) is 14.9 Å². The molecule has 1 aromatic carbocycles. The number of carbonyl (C=O) groups excluding carboxylic acids is 2. The van der Waals surface area contributed by atoms with Crippen LogP contribution in [0, 0.1) is 5.82 Å². The molecule has 3 rings (SSSR count). The lowest BCUT2D eigenvalue weighted by molar-refractivity contribution is -0.123. The zero-order chi connectivity index (χ0) is 17.4. The van der Waals surface area contributed by atoms with E-state index in [4.69, 9.17) is 22.1 Å². The van der Waals surface area contributed by atoms with E-state index >= 15 is 0 Å². The van der Waals surface area contributed by atoms with Crippen molar-refractivity contribution in [2.45, 2.75) is 19.5 Å². The Hall–Kier alpha value is -2.61. The Labute approximate surface area is 141 Å². The van der Waals surface area contributed by atoms with E-state index in [0.717, 1.165) is 0 Å². The van der Waals surface area contributed by atoms with Gasteiger partial charge >= 0.3 is 5.97 Å². The van der Waals surface area contributed by atoms with Crippen LogP contribution in [0.15, 0.2) is 18.2 Å². The molecule has 3 N–H and O–H groups in total. The van der Waals surface area contributed by atoms with E-state index in [0.29, 0.717) is 11.3 Å². The lowest BCUT2D eigenvalue weighted by Crippen LogP contribution is -2.40. The van der Waals surface area contributed by atoms with E-state index in [-0.39, 0.29) is 35.7 Å². The quantitative estimate of drug-likeness (QED) is 0.818. The van der Waals surface area contributed by atoms with Crippen LogP contribution in [0.4, 0.5) is 10.2 Å². The molecular weight excluding hydrogens is 339 g/mol. The van der Waals surface area contributed by atoms with Crippen molar-refractivity contribution in [2.24, 2.45) is 0 Å². The summed E-state index contributed by atoms with van der Waals surface area (Å²) in [6.07, 6.45) is 0. The molecule has 1 aliphatic rings. The summed E-state index contributed by atoms with van der Waals surface area (Å²) in [7, 11) is 0. The second kappa shape index (κ2) is 6.12. The van der Waals surface area contributed by atoms with E-state index in [9.17, 15) is 14.0 Å². The monoisotopic (exact) mass is 352 g/mol. The van der Waals surface area contributed by atoms with Gasteiger partial charge < -0.3 is 20.4 Å². The van der Waals surface area contributed by atoms with Crippen molar-refractivity contribution >= 4 is 29.3 Å². The fourth-order valence-corrected chi connectivity index (χ4v) is 2.91. The number of anilines is 1. The van der Waals surface area contributed by atoms with Crippen LogP contribution in [-0.2, 0) is 16.1 Å². The van der Waals surface area contributed by atoms with E-state index in [2.05, 4.69) is 10.3 Å². The minimum atomic E-state index is -0.815. The number of esters is 1. The van der Waals surface area contributed by atoms with Gasteiger partial charge in [0.15, 0.2) is 0 Å². The van der Waals surface area contributed by atoms with Gasteiger partial charge in [0.1, 0.15) is 18.2 Å². The predicted octanol–water partition coefficient (Wildman–Crippen LogP) is 1.65. The van der Waals surface area contributed by atoms with E-state index < -0.39 is 17.8 Å². The molecule has 0 bridgehead atoms. The molecule has 0 saturated carbocycles. The van der Waals surface area contributed by atoms with Crippen molar-refractivity contribution in [3.8, 4) is 0 Å². The summed E-state index contributed by atoms with van der Waals surface area (Å²) in [6.45, 7) is 1.67. The topological polar surface area (TPSA) is 99.2 Å². The van der Waals surface area contributed by atoms with Gasteiger partial charge in [-0.3, -0.25) is 4.79 Å². The van der Waals surface area contributed by atoms with Crippen molar-refractivity contribution in [3.05, 3.63) is 46.1 Å². The van der Waals surface area contributed by atoms with Crippen LogP contribution in [0.3, 0.4) is 0 Å². The van der Waals surface area contributed by atoms with Crippen molar-refractivity contribution < 1.29 is 18.7 Å². The number of aromatic nitrogens is 2. The lowest BCUT2D eigenvalue weighted by Gasteiger charge is -2.27. The summed E-state index contributed by atoms with van der Waals surface area (Å²) >= 11 is 6.14. The molecule has 1 atom stereocenters. The fraction of sp³-hybridized carbons (Fsp3) is 0.267. The highest BCUT2D eigenvalue weighted by Crippen LogP contribution is 2.34. The SMILES string of the molecule is CCOC(=O)c1nc(N)c2n1CC(=O)N[C@@H]2c1cc(F)ccc1Cl. The van der Waals surface area contributed by atoms with Gasteiger partial charge in [0.25, 0.3) is 0 Å². The first-order valence-corrected chi connectivity index (χ1v) is 7.57. The summed E-state index contributed by atoms with van der Waals surface area (Å²) in [6, 6.07) is 2.99. The largest absolute Gasteiger partial charge is 0.460 e. The molecule has 0 unspecified atom stereocenters. The third-order valence-electron chi connectivity index (χ3n) is 3.64. The minimum absolute atomic E-state index is 0.0448. The average Bonchev–Trinajstić information content (AvgIpc) is 2.86. The van der Waals surface area contributed by atoms with Crippen LogP contribution in [-0.4, -0.2) is 28.0 Å². The van der Waals surface area contributed by atoms with Crippen molar-refractivity contribution in [2.75, 3.05) is 12.3 Å². The summed E-state index contributed by atoms with van der Waals surface area (Å²) < 4.78 is 19.9. The third kappa shape index (κ3) is 2.69. The first kappa shape index (κ1) is 16.3. The maximum Gasteiger partial charge on any atom is 0.374 e. The van der Waals surface area contributed by atoms with Gasteiger partial charge in [-0.1, -0.05) is 11.6 Å². The van der Waals surface area contributed by atoms with Gasteiger partial charge in [0, 0.05) is 10.6 Å². The highest BCUT2D eigenvalue weighted by molar-refractivity contribution is 6.31. The van der Waals surface area contributed by atoms with Crippen LogP contribution >= 0.6 is 11.6 Å². The number of nitrogen functional groups attached to an aromatic ring is 1. The first-order valence-electron chi connectivity index (χ1n) is 7.19. The fourth-order valence-electron chi connectivity index (χ4n) is 2.68. The number of halogens is 2. The van der Waals surface area contributed by atoms with Gasteiger partial charge in [0.2, 0.25) is 11.7 Å². The average molecular weight is 353 g/mol. The number of nitrogens with two attached hydrogens (primary N) is 1.